The number of halogens is 3. The molecule has 1 aromatic heterocycles. The molecule has 0 radical (unpaired) electrons. The van der Waals surface area contributed by atoms with Crippen LogP contribution in [0.3, 0.4) is 0 Å². The first kappa shape index (κ1) is 23.5. The first-order valence-corrected chi connectivity index (χ1v) is 11.1. The SMILES string of the molecule is CNC(=O)NCCCn1c(-c2cc3cc(c2)OCO3)csc1=Nc1ccc(OC(F)(F)F)cc1. The van der Waals surface area contributed by atoms with Gasteiger partial charge >= 0.3 is 12.4 Å². The summed E-state index contributed by atoms with van der Waals surface area (Å²) < 4.78 is 54.1. The topological polar surface area (TPSA) is 86.1 Å². The number of alkyl halides is 3. The third-order valence-corrected chi connectivity index (χ3v) is 5.65. The van der Waals surface area contributed by atoms with E-state index in [-0.39, 0.29) is 18.6 Å². The molecule has 180 valence electrons. The average molecular weight is 494 g/mol. The summed E-state index contributed by atoms with van der Waals surface area (Å²) >= 11 is 1.39. The van der Waals surface area contributed by atoms with Crippen molar-refractivity contribution in [3.8, 4) is 28.5 Å². The van der Waals surface area contributed by atoms with Crippen LogP contribution in [0.2, 0.25) is 0 Å². The summed E-state index contributed by atoms with van der Waals surface area (Å²) in [6, 6.07) is 10.7. The number of rotatable bonds is 7. The van der Waals surface area contributed by atoms with E-state index in [1.54, 1.807) is 13.1 Å². The summed E-state index contributed by atoms with van der Waals surface area (Å²) in [4.78, 5) is 16.7. The van der Waals surface area contributed by atoms with E-state index >= 15 is 0 Å². The Labute approximate surface area is 196 Å². The molecule has 0 atom stereocenters. The van der Waals surface area contributed by atoms with Crippen molar-refractivity contribution in [2.45, 2.75) is 19.3 Å². The van der Waals surface area contributed by atoms with Gasteiger partial charge in [0, 0.05) is 37.1 Å². The van der Waals surface area contributed by atoms with E-state index in [0.29, 0.717) is 41.5 Å². The van der Waals surface area contributed by atoms with E-state index in [9.17, 15) is 18.0 Å². The molecule has 12 heteroatoms. The van der Waals surface area contributed by atoms with Crippen molar-refractivity contribution in [1.82, 2.24) is 15.2 Å². The highest BCUT2D eigenvalue weighted by Crippen LogP contribution is 2.33. The molecule has 0 spiro atoms. The molecule has 2 heterocycles. The number of ether oxygens (including phenoxy) is 3. The van der Waals surface area contributed by atoms with Gasteiger partial charge in [0.05, 0.1) is 11.4 Å². The van der Waals surface area contributed by atoms with Crippen molar-refractivity contribution in [3.63, 3.8) is 0 Å². The standard InChI is InChI=1S/C22H21F3N4O4S/c1-26-20(30)27-7-2-8-29-19(14-9-17-11-18(10-14)32-13-31-17)12-34-21(29)28-15-3-5-16(6-4-15)33-22(23,24)25/h3-6,9-12H,2,7-8,13H2,1H3,(H2,26,27,30). The van der Waals surface area contributed by atoms with Crippen molar-refractivity contribution >= 4 is 23.1 Å². The van der Waals surface area contributed by atoms with Crippen LogP contribution in [0.25, 0.3) is 11.3 Å². The fourth-order valence-electron chi connectivity index (χ4n) is 3.28. The molecule has 2 N–H and O–H groups in total. The van der Waals surface area contributed by atoms with Gasteiger partial charge in [0.15, 0.2) is 4.80 Å². The molecule has 0 aliphatic carbocycles. The first-order chi connectivity index (χ1) is 16.3. The molecule has 2 bridgehead atoms. The number of benzene rings is 2. The van der Waals surface area contributed by atoms with Gasteiger partial charge in [0.2, 0.25) is 6.79 Å². The minimum Gasteiger partial charge on any atom is -0.457 e. The zero-order valence-corrected chi connectivity index (χ0v) is 18.8. The second kappa shape index (κ2) is 10.1. The predicted molar refractivity (Wildman–Crippen MR) is 119 cm³/mol. The Morgan fingerprint density at radius 1 is 1.18 bits per heavy atom. The normalized spacial score (nSPS) is 13.1. The fraction of sp³-hybridized carbons (Fsp3) is 0.273. The third-order valence-electron chi connectivity index (χ3n) is 4.79. The molecule has 1 aliphatic heterocycles. The zero-order valence-electron chi connectivity index (χ0n) is 18.0. The Morgan fingerprint density at radius 3 is 2.53 bits per heavy atom. The van der Waals surface area contributed by atoms with E-state index in [0.717, 1.165) is 11.3 Å². The number of fused-ring (bicyclic) bond motifs is 2. The molecule has 2 aromatic carbocycles. The number of carbonyl (C=O) groups is 1. The number of carbonyl (C=O) groups excluding carboxylic acids is 1. The lowest BCUT2D eigenvalue weighted by molar-refractivity contribution is -0.274. The lowest BCUT2D eigenvalue weighted by Crippen LogP contribution is -2.34. The van der Waals surface area contributed by atoms with Gasteiger partial charge in [-0.25, -0.2) is 9.79 Å². The van der Waals surface area contributed by atoms with Gasteiger partial charge in [-0.3, -0.25) is 0 Å². The number of urea groups is 1. The van der Waals surface area contributed by atoms with E-state index < -0.39 is 6.36 Å². The van der Waals surface area contributed by atoms with Gasteiger partial charge in [-0.15, -0.1) is 24.5 Å². The van der Waals surface area contributed by atoms with Crippen LogP contribution in [0.1, 0.15) is 6.42 Å². The second-order valence-corrected chi connectivity index (χ2v) is 8.00. The smallest absolute Gasteiger partial charge is 0.457 e. The van der Waals surface area contributed by atoms with Crippen LogP contribution in [-0.2, 0) is 6.54 Å². The number of hydrogen-bond acceptors (Lipinski definition) is 6. The largest absolute Gasteiger partial charge is 0.573 e. The minimum absolute atomic E-state index is 0.158. The van der Waals surface area contributed by atoms with Crippen LogP contribution in [-0.4, -0.2) is 37.3 Å². The van der Waals surface area contributed by atoms with Crippen molar-refractivity contribution in [2.24, 2.45) is 4.99 Å². The number of hydrogen-bond donors (Lipinski definition) is 2. The molecule has 8 nitrogen and oxygen atoms in total. The van der Waals surface area contributed by atoms with Crippen molar-refractivity contribution in [1.29, 1.82) is 0 Å². The van der Waals surface area contributed by atoms with Crippen LogP contribution in [0.15, 0.2) is 52.8 Å². The highest BCUT2D eigenvalue weighted by atomic mass is 32.1. The molecule has 0 fully saturated rings. The van der Waals surface area contributed by atoms with Gasteiger partial charge in [-0.2, -0.15) is 0 Å². The maximum absolute atomic E-state index is 12.4. The van der Waals surface area contributed by atoms with Crippen LogP contribution >= 0.6 is 11.3 Å². The quantitative estimate of drug-likeness (QED) is 0.477. The molecule has 1 aliphatic rings. The summed E-state index contributed by atoms with van der Waals surface area (Å²) in [6.07, 6.45) is -4.13. The lowest BCUT2D eigenvalue weighted by atomic mass is 10.1. The van der Waals surface area contributed by atoms with Crippen molar-refractivity contribution in [3.05, 3.63) is 52.6 Å². The van der Waals surface area contributed by atoms with Gasteiger partial charge in [0.25, 0.3) is 0 Å². The molecule has 0 unspecified atom stereocenters. The lowest BCUT2D eigenvalue weighted by Gasteiger charge is -2.18. The van der Waals surface area contributed by atoms with Crippen molar-refractivity contribution < 1.29 is 32.2 Å². The minimum atomic E-state index is -4.75. The van der Waals surface area contributed by atoms with E-state index in [4.69, 9.17) is 9.47 Å². The number of nitrogens with one attached hydrogen (secondary N) is 2. The molecular weight excluding hydrogens is 473 g/mol. The van der Waals surface area contributed by atoms with Gasteiger partial charge in [0.1, 0.15) is 17.2 Å². The van der Waals surface area contributed by atoms with Crippen LogP contribution in [0, 0.1) is 0 Å². The van der Waals surface area contributed by atoms with Gasteiger partial charge in [-0.1, -0.05) is 0 Å². The van der Waals surface area contributed by atoms with Crippen LogP contribution < -0.4 is 29.6 Å². The van der Waals surface area contributed by atoms with Gasteiger partial charge in [-0.05, 0) is 42.8 Å². The molecule has 34 heavy (non-hydrogen) atoms. The molecule has 0 saturated carbocycles. The predicted octanol–water partition coefficient (Wildman–Crippen LogP) is 4.40. The molecular formula is C22H21F3N4O4S. The maximum Gasteiger partial charge on any atom is 0.573 e. The van der Waals surface area contributed by atoms with Crippen LogP contribution in [0.4, 0.5) is 23.7 Å². The molecule has 0 saturated heterocycles. The zero-order chi connectivity index (χ0) is 24.1. The summed E-state index contributed by atoms with van der Waals surface area (Å²) in [5, 5.41) is 7.19. The van der Waals surface area contributed by atoms with Gasteiger partial charge < -0.3 is 29.4 Å². The van der Waals surface area contributed by atoms with Crippen molar-refractivity contribution in [2.75, 3.05) is 20.4 Å². The third kappa shape index (κ3) is 6.01. The highest BCUT2D eigenvalue weighted by molar-refractivity contribution is 7.07. The van der Waals surface area contributed by atoms with E-state index in [2.05, 4.69) is 20.4 Å². The average Bonchev–Trinajstić information content (AvgIpc) is 3.19. The Morgan fingerprint density at radius 2 is 1.88 bits per heavy atom. The summed E-state index contributed by atoms with van der Waals surface area (Å²) in [5.41, 5.74) is 2.22. The second-order valence-electron chi connectivity index (χ2n) is 7.17. The fourth-order valence-corrected chi connectivity index (χ4v) is 4.23. The molecule has 4 rings (SSSR count). The monoisotopic (exact) mass is 494 g/mol. The highest BCUT2D eigenvalue weighted by Gasteiger charge is 2.30. The first-order valence-electron chi connectivity index (χ1n) is 10.3. The van der Waals surface area contributed by atoms with Crippen LogP contribution in [0.5, 0.6) is 17.2 Å². The Kier molecular flexibility index (Phi) is 6.96. The Hall–Kier alpha value is -3.67. The molecule has 3 aromatic rings. The number of thiazole rings is 1. The number of amides is 2. The maximum atomic E-state index is 12.4. The number of aromatic nitrogens is 1. The summed E-state index contributed by atoms with van der Waals surface area (Å²) in [5.74, 6) is 1.07. The molecule has 2 amide bonds. The van der Waals surface area contributed by atoms with E-state index in [1.165, 1.54) is 35.6 Å². The summed E-state index contributed by atoms with van der Waals surface area (Å²) in [7, 11) is 1.54. The van der Waals surface area contributed by atoms with E-state index in [1.807, 2.05) is 22.1 Å². The number of nitrogens with zero attached hydrogens (tertiary/aromatic N) is 2. The Bertz CT molecular complexity index is 1200. The Balaban J connectivity index is 1.64. The summed E-state index contributed by atoms with van der Waals surface area (Å²) in [6.45, 7) is 1.14.